The van der Waals surface area contributed by atoms with Crippen LogP contribution in [-0.2, 0) is 14.3 Å². The molecule has 1 fully saturated rings. The van der Waals surface area contributed by atoms with Crippen LogP contribution in [0.15, 0.2) is 66.8 Å². The van der Waals surface area contributed by atoms with Crippen LogP contribution in [-0.4, -0.2) is 73.5 Å². The van der Waals surface area contributed by atoms with Crippen LogP contribution in [0, 0.1) is 0 Å². The summed E-state index contributed by atoms with van der Waals surface area (Å²) in [6, 6.07) is 12.2. The third-order valence-electron chi connectivity index (χ3n) is 5.47. The normalized spacial score (nSPS) is 17.2. The largest absolute Gasteiger partial charge is 0.507 e. The second-order valence-corrected chi connectivity index (χ2v) is 8.03. The number of aliphatic hydroxyl groups is 1. The first-order chi connectivity index (χ1) is 16.3. The number of amides is 1. The van der Waals surface area contributed by atoms with Crippen LogP contribution in [0.5, 0.6) is 5.75 Å². The maximum Gasteiger partial charge on any atom is 0.337 e. The standard InChI is InChI=1S/C26H28N2O6/c1-5-16-34-20-12-10-18(11-13-20)23(29)21-22(17-6-8-19(9-7-17)26(32)33-4)28(15-14-27(2)3)25(31)24(21)30/h5-13,22,29H,1,14-16H2,2-4H3/t22-/m1/s1. The molecule has 1 atom stereocenters. The molecule has 0 aromatic heterocycles. The van der Waals surface area contributed by atoms with Gasteiger partial charge in [0.25, 0.3) is 11.7 Å². The number of nitrogens with zero attached hydrogens (tertiary/aromatic N) is 2. The van der Waals surface area contributed by atoms with Gasteiger partial charge < -0.3 is 24.4 Å². The van der Waals surface area contributed by atoms with Gasteiger partial charge in [-0.25, -0.2) is 4.79 Å². The van der Waals surface area contributed by atoms with Gasteiger partial charge in [0.15, 0.2) is 0 Å². The van der Waals surface area contributed by atoms with E-state index in [9.17, 15) is 19.5 Å². The number of esters is 1. The average molecular weight is 465 g/mol. The van der Waals surface area contributed by atoms with E-state index < -0.39 is 23.7 Å². The second kappa shape index (κ2) is 10.8. The van der Waals surface area contributed by atoms with Crippen LogP contribution in [0.1, 0.15) is 27.5 Å². The molecule has 8 heteroatoms. The molecule has 34 heavy (non-hydrogen) atoms. The number of ether oxygens (including phenoxy) is 2. The molecule has 2 aromatic carbocycles. The van der Waals surface area contributed by atoms with E-state index in [1.54, 1.807) is 54.6 Å². The van der Waals surface area contributed by atoms with E-state index in [-0.39, 0.29) is 17.9 Å². The number of hydrogen-bond donors (Lipinski definition) is 1. The molecule has 0 aliphatic carbocycles. The molecule has 8 nitrogen and oxygen atoms in total. The summed E-state index contributed by atoms with van der Waals surface area (Å²) < 4.78 is 10.2. The third-order valence-corrected chi connectivity index (χ3v) is 5.47. The highest BCUT2D eigenvalue weighted by Gasteiger charge is 2.45. The molecule has 1 aliphatic heterocycles. The maximum atomic E-state index is 13.1. The number of benzene rings is 2. The summed E-state index contributed by atoms with van der Waals surface area (Å²) in [4.78, 5) is 41.2. The first-order valence-electron chi connectivity index (χ1n) is 10.7. The van der Waals surface area contributed by atoms with Crippen molar-refractivity contribution in [2.24, 2.45) is 0 Å². The van der Waals surface area contributed by atoms with Gasteiger partial charge >= 0.3 is 5.97 Å². The molecule has 178 valence electrons. The molecule has 3 rings (SSSR count). The Kier molecular flexibility index (Phi) is 7.86. The Morgan fingerprint density at radius 3 is 2.26 bits per heavy atom. The topological polar surface area (TPSA) is 96.4 Å². The van der Waals surface area contributed by atoms with Crippen molar-refractivity contribution >= 4 is 23.4 Å². The molecule has 1 N–H and O–H groups in total. The number of likely N-dealkylation sites (tertiary alicyclic amines) is 1. The summed E-state index contributed by atoms with van der Waals surface area (Å²) >= 11 is 0. The van der Waals surface area contributed by atoms with Crippen LogP contribution >= 0.6 is 0 Å². The Morgan fingerprint density at radius 1 is 1.09 bits per heavy atom. The van der Waals surface area contributed by atoms with Gasteiger partial charge in [-0.1, -0.05) is 24.8 Å². The second-order valence-electron chi connectivity index (χ2n) is 8.03. The lowest BCUT2D eigenvalue weighted by molar-refractivity contribution is -0.140. The van der Waals surface area contributed by atoms with E-state index in [1.807, 2.05) is 19.0 Å². The molecule has 1 amide bonds. The molecule has 1 saturated heterocycles. The van der Waals surface area contributed by atoms with E-state index in [0.29, 0.717) is 35.6 Å². The molecule has 1 aliphatic rings. The van der Waals surface area contributed by atoms with Crippen molar-refractivity contribution in [3.63, 3.8) is 0 Å². The highest BCUT2D eigenvalue weighted by atomic mass is 16.5. The zero-order valence-corrected chi connectivity index (χ0v) is 19.5. The fourth-order valence-electron chi connectivity index (χ4n) is 3.70. The van der Waals surface area contributed by atoms with E-state index in [4.69, 9.17) is 9.47 Å². The van der Waals surface area contributed by atoms with E-state index in [1.165, 1.54) is 12.0 Å². The minimum absolute atomic E-state index is 0.00525. The summed E-state index contributed by atoms with van der Waals surface area (Å²) in [7, 11) is 5.03. The summed E-state index contributed by atoms with van der Waals surface area (Å²) in [5, 5.41) is 11.1. The van der Waals surface area contributed by atoms with Crippen molar-refractivity contribution in [2.75, 3.05) is 40.9 Å². The summed E-state index contributed by atoms with van der Waals surface area (Å²) in [6.07, 6.45) is 1.62. The van der Waals surface area contributed by atoms with E-state index >= 15 is 0 Å². The number of rotatable bonds is 9. The van der Waals surface area contributed by atoms with Crippen molar-refractivity contribution in [2.45, 2.75) is 6.04 Å². The highest BCUT2D eigenvalue weighted by molar-refractivity contribution is 6.46. The predicted octanol–water partition coefficient (Wildman–Crippen LogP) is 3.02. The van der Waals surface area contributed by atoms with Crippen LogP contribution in [0.2, 0.25) is 0 Å². The number of carbonyl (C=O) groups excluding carboxylic acids is 3. The Balaban J connectivity index is 2.06. The van der Waals surface area contributed by atoms with Crippen LogP contribution in [0.25, 0.3) is 5.76 Å². The monoisotopic (exact) mass is 464 g/mol. The van der Waals surface area contributed by atoms with Gasteiger partial charge in [-0.2, -0.15) is 0 Å². The lowest BCUT2D eigenvalue weighted by Crippen LogP contribution is -2.35. The molecule has 0 saturated carbocycles. The Morgan fingerprint density at radius 2 is 1.71 bits per heavy atom. The molecule has 0 radical (unpaired) electrons. The van der Waals surface area contributed by atoms with Crippen LogP contribution < -0.4 is 4.74 Å². The van der Waals surface area contributed by atoms with Crippen LogP contribution in [0.4, 0.5) is 0 Å². The average Bonchev–Trinajstić information content (AvgIpc) is 3.10. The Bertz CT molecular complexity index is 1100. The van der Waals surface area contributed by atoms with Crippen molar-refractivity contribution in [1.29, 1.82) is 0 Å². The zero-order valence-electron chi connectivity index (χ0n) is 19.5. The Hall–Kier alpha value is -3.91. The number of ketones is 1. The van der Waals surface area contributed by atoms with Gasteiger partial charge in [-0.3, -0.25) is 9.59 Å². The summed E-state index contributed by atoms with van der Waals surface area (Å²) in [6.45, 7) is 4.75. The lowest BCUT2D eigenvalue weighted by atomic mass is 9.94. The number of aliphatic hydroxyl groups excluding tert-OH is 1. The summed E-state index contributed by atoms with van der Waals surface area (Å²) in [5.41, 5.74) is 1.31. The quantitative estimate of drug-likeness (QED) is 0.200. The maximum absolute atomic E-state index is 13.1. The lowest BCUT2D eigenvalue weighted by Gasteiger charge is -2.26. The SMILES string of the molecule is C=CCOc1ccc(C(O)=C2C(=O)C(=O)N(CCN(C)C)[C@@H]2c2ccc(C(=O)OC)cc2)cc1. The molecular formula is C26H28N2O6. The Labute approximate surface area is 198 Å². The number of carbonyl (C=O) groups is 3. The number of likely N-dealkylation sites (N-methyl/N-ethyl adjacent to an activating group) is 1. The number of hydrogen-bond acceptors (Lipinski definition) is 7. The molecule has 2 aromatic rings. The summed E-state index contributed by atoms with van der Waals surface area (Å²) in [5.74, 6) is -1.63. The first kappa shape index (κ1) is 24.7. The molecule has 0 bridgehead atoms. The van der Waals surface area contributed by atoms with Gasteiger partial charge in [0.05, 0.1) is 24.3 Å². The van der Waals surface area contributed by atoms with Crippen molar-refractivity contribution in [1.82, 2.24) is 9.80 Å². The molecule has 0 unspecified atom stereocenters. The fourth-order valence-corrected chi connectivity index (χ4v) is 3.70. The minimum atomic E-state index is -0.802. The smallest absolute Gasteiger partial charge is 0.337 e. The van der Waals surface area contributed by atoms with Gasteiger partial charge in [-0.05, 0) is 56.1 Å². The number of methoxy groups -OCH3 is 1. The van der Waals surface area contributed by atoms with Crippen molar-refractivity contribution in [3.05, 3.63) is 83.4 Å². The van der Waals surface area contributed by atoms with Crippen molar-refractivity contribution < 1.29 is 29.0 Å². The predicted molar refractivity (Wildman–Crippen MR) is 127 cm³/mol. The minimum Gasteiger partial charge on any atom is -0.507 e. The number of Topliss-reactive ketones (excluding diaryl/α,β-unsaturated/α-hetero) is 1. The zero-order chi connectivity index (χ0) is 24.8. The van der Waals surface area contributed by atoms with Gasteiger partial charge in [0, 0.05) is 18.7 Å². The van der Waals surface area contributed by atoms with Crippen LogP contribution in [0.3, 0.4) is 0 Å². The fraction of sp³-hybridized carbons (Fsp3) is 0.269. The van der Waals surface area contributed by atoms with Gasteiger partial charge in [0.2, 0.25) is 0 Å². The van der Waals surface area contributed by atoms with Crippen molar-refractivity contribution in [3.8, 4) is 5.75 Å². The molecule has 1 heterocycles. The third kappa shape index (κ3) is 5.18. The van der Waals surface area contributed by atoms with Gasteiger partial charge in [0.1, 0.15) is 18.1 Å². The van der Waals surface area contributed by atoms with Gasteiger partial charge in [-0.15, -0.1) is 0 Å². The van der Waals surface area contributed by atoms with E-state index in [2.05, 4.69) is 6.58 Å². The molecule has 0 spiro atoms. The van der Waals surface area contributed by atoms with E-state index in [0.717, 1.165) is 0 Å². The highest BCUT2D eigenvalue weighted by Crippen LogP contribution is 2.39. The first-order valence-corrected chi connectivity index (χ1v) is 10.7. The molecular weight excluding hydrogens is 436 g/mol.